The topological polar surface area (TPSA) is 57.3 Å². The SMILES string of the molecule is C[NH+](C)[C@@H]1CCN(C2=NC(=O)/C(=C/c3cc(F)ccc3O)S2)C1.[Cl-]. The average molecular weight is 372 g/mol. The molecular weight excluding hydrogens is 353 g/mol. The number of likely N-dealkylation sites (N-methyl/N-ethyl adjacent to an activating group) is 1. The predicted molar refractivity (Wildman–Crippen MR) is 88.9 cm³/mol. The summed E-state index contributed by atoms with van der Waals surface area (Å²) in [6, 6.07) is 4.19. The van der Waals surface area contributed by atoms with Crippen molar-refractivity contribution in [1.29, 1.82) is 0 Å². The summed E-state index contributed by atoms with van der Waals surface area (Å²) in [5, 5.41) is 10.5. The van der Waals surface area contributed by atoms with Gasteiger partial charge in [-0.15, -0.1) is 0 Å². The van der Waals surface area contributed by atoms with Crippen LogP contribution in [0.5, 0.6) is 5.75 Å². The van der Waals surface area contributed by atoms with Crippen molar-refractivity contribution < 1.29 is 31.6 Å². The second kappa shape index (κ2) is 7.55. The van der Waals surface area contributed by atoms with Gasteiger partial charge < -0.3 is 27.3 Å². The van der Waals surface area contributed by atoms with E-state index in [9.17, 15) is 14.3 Å². The number of phenolic OH excluding ortho intramolecular Hbond substituents is 1. The Hall–Kier alpha value is -1.57. The summed E-state index contributed by atoms with van der Waals surface area (Å²) in [5.74, 6) is -0.852. The number of benzene rings is 1. The normalized spacial score (nSPS) is 22.2. The first kappa shape index (κ1) is 18.8. The van der Waals surface area contributed by atoms with Crippen LogP contribution in [0.4, 0.5) is 4.39 Å². The number of amides is 1. The second-order valence-electron chi connectivity index (χ2n) is 6.02. The Labute approximate surface area is 150 Å². The Morgan fingerprint density at radius 2 is 2.21 bits per heavy atom. The molecule has 1 atom stereocenters. The molecule has 0 aromatic heterocycles. The average Bonchev–Trinajstić information content (AvgIpc) is 3.10. The number of likely N-dealkylation sites (tertiary alicyclic amines) is 1. The minimum atomic E-state index is -0.456. The molecule has 1 amide bonds. The quantitative estimate of drug-likeness (QED) is 0.575. The highest BCUT2D eigenvalue weighted by molar-refractivity contribution is 8.18. The van der Waals surface area contributed by atoms with E-state index < -0.39 is 5.82 Å². The fourth-order valence-corrected chi connectivity index (χ4v) is 3.66. The molecule has 0 bridgehead atoms. The van der Waals surface area contributed by atoms with Crippen LogP contribution in [0.15, 0.2) is 28.1 Å². The Morgan fingerprint density at radius 3 is 2.88 bits per heavy atom. The number of quaternary nitrogens is 1. The van der Waals surface area contributed by atoms with E-state index in [1.807, 2.05) is 0 Å². The molecule has 0 unspecified atom stereocenters. The Balaban J connectivity index is 0.00000208. The summed E-state index contributed by atoms with van der Waals surface area (Å²) in [5.41, 5.74) is 0.286. The predicted octanol–water partition coefficient (Wildman–Crippen LogP) is -2.28. The molecule has 0 aliphatic carbocycles. The van der Waals surface area contributed by atoms with Crippen molar-refractivity contribution in [2.45, 2.75) is 12.5 Å². The van der Waals surface area contributed by atoms with Gasteiger partial charge in [0.05, 0.1) is 25.5 Å². The van der Waals surface area contributed by atoms with Gasteiger partial charge in [-0.05, 0) is 36.0 Å². The van der Waals surface area contributed by atoms with Gasteiger partial charge in [0.2, 0.25) is 0 Å². The first-order valence-corrected chi connectivity index (χ1v) is 8.32. The molecule has 1 fully saturated rings. The molecule has 0 radical (unpaired) electrons. The van der Waals surface area contributed by atoms with Crippen molar-refractivity contribution in [2.24, 2.45) is 4.99 Å². The lowest BCUT2D eigenvalue weighted by Gasteiger charge is -2.18. The van der Waals surface area contributed by atoms with Crippen molar-refractivity contribution in [3.05, 3.63) is 34.5 Å². The summed E-state index contributed by atoms with van der Waals surface area (Å²) >= 11 is 1.28. The summed E-state index contributed by atoms with van der Waals surface area (Å²) in [4.78, 5) is 20.1. The molecular formula is C16H19ClFN3O2S. The van der Waals surface area contributed by atoms with Gasteiger partial charge in [-0.2, -0.15) is 4.99 Å². The summed E-state index contributed by atoms with van der Waals surface area (Å²) in [6.45, 7) is 1.76. The molecule has 2 aliphatic rings. The minimum Gasteiger partial charge on any atom is -1.00 e. The van der Waals surface area contributed by atoms with Crippen LogP contribution >= 0.6 is 11.8 Å². The van der Waals surface area contributed by atoms with Gasteiger partial charge in [0.15, 0.2) is 5.17 Å². The van der Waals surface area contributed by atoms with Crippen LogP contribution in [-0.4, -0.2) is 54.3 Å². The van der Waals surface area contributed by atoms with Gasteiger partial charge in [0, 0.05) is 18.5 Å². The molecule has 24 heavy (non-hydrogen) atoms. The number of nitrogens with zero attached hydrogens (tertiary/aromatic N) is 2. The number of aliphatic imine (C=N–C) groups is 1. The third-order valence-electron chi connectivity index (χ3n) is 4.16. The van der Waals surface area contributed by atoms with Crippen LogP contribution in [0.1, 0.15) is 12.0 Å². The fourth-order valence-electron chi connectivity index (χ4n) is 2.72. The van der Waals surface area contributed by atoms with Crippen molar-refractivity contribution in [1.82, 2.24) is 4.90 Å². The number of thioether (sulfide) groups is 1. The first-order chi connectivity index (χ1) is 10.9. The summed E-state index contributed by atoms with van der Waals surface area (Å²) in [7, 11) is 4.25. The number of carbonyl (C=O) groups is 1. The van der Waals surface area contributed by atoms with Gasteiger partial charge >= 0.3 is 0 Å². The lowest BCUT2D eigenvalue weighted by molar-refractivity contribution is -0.883. The number of halogens is 2. The number of rotatable bonds is 2. The van der Waals surface area contributed by atoms with Gasteiger partial charge in [-0.3, -0.25) is 4.79 Å². The standard InChI is InChI=1S/C16H18FN3O2S.ClH/c1-19(2)12-5-6-20(9-12)16-18-15(22)14(23-16)8-10-7-11(17)3-4-13(10)21;/h3-4,7-8,12,21H,5-6,9H2,1-2H3;1H/b14-8-;/t12-;/m1./s1. The van der Waals surface area contributed by atoms with E-state index in [-0.39, 0.29) is 29.6 Å². The van der Waals surface area contributed by atoms with Crippen LogP contribution < -0.4 is 17.3 Å². The molecule has 1 aromatic rings. The van der Waals surface area contributed by atoms with E-state index in [4.69, 9.17) is 0 Å². The smallest absolute Gasteiger partial charge is 0.286 e. The van der Waals surface area contributed by atoms with Crippen LogP contribution in [0.2, 0.25) is 0 Å². The zero-order chi connectivity index (χ0) is 16.6. The van der Waals surface area contributed by atoms with Crippen molar-refractivity contribution in [3.8, 4) is 5.75 Å². The highest BCUT2D eigenvalue weighted by Crippen LogP contribution is 2.33. The van der Waals surface area contributed by atoms with Gasteiger partial charge in [-0.25, -0.2) is 4.39 Å². The van der Waals surface area contributed by atoms with Crippen LogP contribution in [-0.2, 0) is 4.79 Å². The Kier molecular flexibility index (Phi) is 5.90. The maximum absolute atomic E-state index is 13.3. The molecule has 2 aliphatic heterocycles. The number of hydrogen-bond acceptors (Lipinski definition) is 4. The number of hydrogen-bond donors (Lipinski definition) is 2. The maximum atomic E-state index is 13.3. The number of phenols is 1. The third kappa shape index (κ3) is 3.91. The molecule has 1 saturated heterocycles. The molecule has 3 rings (SSSR count). The van der Waals surface area contributed by atoms with E-state index in [1.165, 1.54) is 40.9 Å². The van der Waals surface area contributed by atoms with Crippen LogP contribution in [0.3, 0.4) is 0 Å². The molecule has 1 aromatic carbocycles. The maximum Gasteiger partial charge on any atom is 0.286 e. The van der Waals surface area contributed by atoms with Crippen LogP contribution in [0, 0.1) is 5.82 Å². The van der Waals surface area contributed by atoms with Crippen molar-refractivity contribution in [3.63, 3.8) is 0 Å². The lowest BCUT2D eigenvalue weighted by atomic mass is 10.2. The van der Waals surface area contributed by atoms with E-state index in [0.717, 1.165) is 19.5 Å². The molecule has 5 nitrogen and oxygen atoms in total. The van der Waals surface area contributed by atoms with Crippen molar-refractivity contribution >= 4 is 28.9 Å². The highest BCUT2D eigenvalue weighted by Gasteiger charge is 2.33. The monoisotopic (exact) mass is 371 g/mol. The van der Waals surface area contributed by atoms with Crippen molar-refractivity contribution in [2.75, 3.05) is 27.2 Å². The van der Waals surface area contributed by atoms with Gasteiger partial charge in [-0.1, -0.05) is 0 Å². The molecule has 2 N–H and O–H groups in total. The number of nitrogens with one attached hydrogen (secondary N) is 1. The number of amidine groups is 1. The Morgan fingerprint density at radius 1 is 1.46 bits per heavy atom. The van der Waals surface area contributed by atoms with E-state index >= 15 is 0 Å². The van der Waals surface area contributed by atoms with E-state index in [2.05, 4.69) is 24.0 Å². The molecule has 2 heterocycles. The van der Waals surface area contributed by atoms with E-state index in [0.29, 0.717) is 16.1 Å². The minimum absolute atomic E-state index is 0. The molecule has 8 heteroatoms. The number of carbonyl (C=O) groups excluding carboxylic acids is 1. The third-order valence-corrected chi connectivity index (χ3v) is 5.21. The van der Waals surface area contributed by atoms with Gasteiger partial charge in [0.25, 0.3) is 5.91 Å². The zero-order valence-corrected chi connectivity index (χ0v) is 15.0. The van der Waals surface area contributed by atoms with E-state index in [1.54, 1.807) is 0 Å². The fraction of sp³-hybridized carbons (Fsp3) is 0.375. The molecule has 130 valence electrons. The molecule has 0 saturated carbocycles. The largest absolute Gasteiger partial charge is 1.00 e. The summed E-state index contributed by atoms with van der Waals surface area (Å²) < 4.78 is 13.3. The van der Waals surface area contributed by atoms with Gasteiger partial charge in [0.1, 0.15) is 17.6 Å². The zero-order valence-electron chi connectivity index (χ0n) is 13.4. The highest BCUT2D eigenvalue weighted by atomic mass is 35.5. The lowest BCUT2D eigenvalue weighted by Crippen LogP contribution is -3.10. The van der Waals surface area contributed by atoms with Crippen LogP contribution in [0.25, 0.3) is 6.08 Å². The second-order valence-corrected chi connectivity index (χ2v) is 7.03. The Bertz CT molecular complexity index is 709. The summed E-state index contributed by atoms with van der Waals surface area (Å²) in [6.07, 6.45) is 2.56. The molecule has 0 spiro atoms. The first-order valence-electron chi connectivity index (χ1n) is 7.50. The number of aromatic hydroxyl groups is 1.